The molecule has 0 aromatic heterocycles. The summed E-state index contributed by atoms with van der Waals surface area (Å²) in [6, 6.07) is 3.29. The van der Waals surface area contributed by atoms with Crippen LogP contribution in [0.2, 0.25) is 0 Å². The lowest BCUT2D eigenvalue weighted by molar-refractivity contribution is -0.387. The highest BCUT2D eigenvalue weighted by atomic mass is 19.1. The summed E-state index contributed by atoms with van der Waals surface area (Å²) in [5, 5.41) is 13.6. The van der Waals surface area contributed by atoms with Crippen molar-refractivity contribution in [2.24, 2.45) is 5.92 Å². The molecule has 0 spiro atoms. The normalized spacial score (nSPS) is 22.3. The van der Waals surface area contributed by atoms with E-state index in [4.69, 9.17) is 0 Å². The number of carbonyl (C=O) groups is 1. The quantitative estimate of drug-likeness (QED) is 0.683. The van der Waals surface area contributed by atoms with E-state index >= 15 is 0 Å². The molecule has 0 bridgehead atoms. The van der Waals surface area contributed by atoms with Gasteiger partial charge in [-0.25, -0.2) is 0 Å². The number of nitro benzene ring substituents is 1. The minimum atomic E-state index is -0.933. The van der Waals surface area contributed by atoms with Crippen molar-refractivity contribution in [3.8, 4) is 0 Å². The van der Waals surface area contributed by atoms with Crippen LogP contribution in [0.1, 0.15) is 43.0 Å². The number of nitro groups is 1. The summed E-state index contributed by atoms with van der Waals surface area (Å²) >= 11 is 0. The lowest BCUT2D eigenvalue weighted by Crippen LogP contribution is -2.41. The zero-order valence-corrected chi connectivity index (χ0v) is 11.3. The predicted molar refractivity (Wildman–Crippen MR) is 71.9 cm³/mol. The van der Waals surface area contributed by atoms with E-state index in [1.807, 2.05) is 0 Å². The van der Waals surface area contributed by atoms with Gasteiger partial charge in [-0.2, -0.15) is 4.39 Å². The molecule has 2 atom stereocenters. The Morgan fingerprint density at radius 3 is 2.75 bits per heavy atom. The third-order valence-corrected chi connectivity index (χ3v) is 3.83. The first kappa shape index (κ1) is 14.4. The topological polar surface area (TPSA) is 72.2 Å². The number of nitrogens with zero attached hydrogens (tertiary/aromatic N) is 1. The van der Waals surface area contributed by atoms with Gasteiger partial charge in [0.1, 0.15) is 0 Å². The molecule has 0 unspecified atom stereocenters. The van der Waals surface area contributed by atoms with Gasteiger partial charge in [-0.05, 0) is 30.9 Å². The minimum absolute atomic E-state index is 0.0837. The average Bonchev–Trinajstić information content (AvgIpc) is 2.41. The van der Waals surface area contributed by atoms with Crippen molar-refractivity contribution in [2.45, 2.75) is 38.6 Å². The maximum absolute atomic E-state index is 13.2. The monoisotopic (exact) mass is 280 g/mol. The molecule has 1 aromatic rings. The van der Waals surface area contributed by atoms with E-state index in [-0.39, 0.29) is 17.5 Å². The molecule has 5 nitrogen and oxygen atoms in total. The molecule has 1 amide bonds. The summed E-state index contributed by atoms with van der Waals surface area (Å²) in [5.74, 6) is -0.924. The van der Waals surface area contributed by atoms with Crippen LogP contribution in [0.25, 0.3) is 0 Å². The Kier molecular flexibility index (Phi) is 4.32. The summed E-state index contributed by atoms with van der Waals surface area (Å²) in [4.78, 5) is 21.9. The first-order chi connectivity index (χ1) is 9.49. The average molecular weight is 280 g/mol. The van der Waals surface area contributed by atoms with Crippen LogP contribution in [-0.2, 0) is 0 Å². The number of carbonyl (C=O) groups excluding carboxylic acids is 1. The van der Waals surface area contributed by atoms with Gasteiger partial charge in [-0.3, -0.25) is 14.9 Å². The number of nitrogens with one attached hydrogen (secondary N) is 1. The summed E-state index contributed by atoms with van der Waals surface area (Å²) in [6.45, 7) is 2.08. The van der Waals surface area contributed by atoms with Crippen LogP contribution in [0, 0.1) is 21.8 Å². The predicted octanol–water partition coefficient (Wildman–Crippen LogP) is 3.04. The number of halogens is 1. The fourth-order valence-electron chi connectivity index (χ4n) is 2.58. The van der Waals surface area contributed by atoms with Gasteiger partial charge in [-0.15, -0.1) is 0 Å². The van der Waals surface area contributed by atoms with Gasteiger partial charge in [0, 0.05) is 17.7 Å². The molecule has 6 heteroatoms. The molecule has 1 aromatic carbocycles. The molecule has 0 heterocycles. The summed E-state index contributed by atoms with van der Waals surface area (Å²) in [7, 11) is 0. The lowest BCUT2D eigenvalue weighted by Gasteiger charge is -2.29. The third kappa shape index (κ3) is 3.12. The summed E-state index contributed by atoms with van der Waals surface area (Å²) in [6.07, 6.45) is 4.21. The lowest BCUT2D eigenvalue weighted by atomic mass is 9.86. The van der Waals surface area contributed by atoms with Crippen molar-refractivity contribution in [1.29, 1.82) is 0 Å². The highest BCUT2D eigenvalue weighted by molar-refractivity contribution is 5.95. The molecule has 20 heavy (non-hydrogen) atoms. The maximum Gasteiger partial charge on any atom is 0.305 e. The fraction of sp³-hybridized carbons (Fsp3) is 0.500. The van der Waals surface area contributed by atoms with Crippen molar-refractivity contribution < 1.29 is 14.1 Å². The molecule has 1 fully saturated rings. The molecule has 1 aliphatic rings. The van der Waals surface area contributed by atoms with Gasteiger partial charge in [0.2, 0.25) is 5.82 Å². The van der Waals surface area contributed by atoms with Crippen molar-refractivity contribution in [1.82, 2.24) is 5.32 Å². The van der Waals surface area contributed by atoms with E-state index in [9.17, 15) is 19.3 Å². The van der Waals surface area contributed by atoms with Gasteiger partial charge in [0.25, 0.3) is 5.91 Å². The van der Waals surface area contributed by atoms with Gasteiger partial charge < -0.3 is 5.32 Å². The number of benzene rings is 1. The van der Waals surface area contributed by atoms with Gasteiger partial charge in [-0.1, -0.05) is 19.8 Å². The highest BCUT2D eigenvalue weighted by Crippen LogP contribution is 2.24. The smallest absolute Gasteiger partial charge is 0.305 e. The highest BCUT2D eigenvalue weighted by Gasteiger charge is 2.24. The molecule has 0 aliphatic heterocycles. The van der Waals surface area contributed by atoms with Crippen molar-refractivity contribution in [2.75, 3.05) is 0 Å². The summed E-state index contributed by atoms with van der Waals surface area (Å²) in [5.41, 5.74) is -0.551. The minimum Gasteiger partial charge on any atom is -0.349 e. The molecular weight excluding hydrogens is 263 g/mol. The van der Waals surface area contributed by atoms with E-state index < -0.39 is 16.4 Å². The second-order valence-corrected chi connectivity index (χ2v) is 5.26. The van der Waals surface area contributed by atoms with Gasteiger partial charge in [0.15, 0.2) is 0 Å². The van der Waals surface area contributed by atoms with E-state index in [1.165, 1.54) is 6.07 Å². The van der Waals surface area contributed by atoms with E-state index in [0.717, 1.165) is 37.8 Å². The first-order valence-corrected chi connectivity index (χ1v) is 6.74. The molecular formula is C14H17FN2O3. The van der Waals surface area contributed by atoms with Crippen LogP contribution in [0.3, 0.4) is 0 Å². The largest absolute Gasteiger partial charge is 0.349 e. The van der Waals surface area contributed by atoms with Crippen molar-refractivity contribution >= 4 is 11.6 Å². The second-order valence-electron chi connectivity index (χ2n) is 5.26. The Morgan fingerprint density at radius 2 is 2.10 bits per heavy atom. The van der Waals surface area contributed by atoms with E-state index in [1.54, 1.807) is 0 Å². The van der Waals surface area contributed by atoms with Crippen LogP contribution < -0.4 is 5.32 Å². The first-order valence-electron chi connectivity index (χ1n) is 6.74. The van der Waals surface area contributed by atoms with Crippen LogP contribution in [-0.4, -0.2) is 16.9 Å². The molecule has 1 saturated carbocycles. The number of rotatable bonds is 3. The zero-order valence-electron chi connectivity index (χ0n) is 11.3. The second kappa shape index (κ2) is 5.98. The molecule has 2 rings (SSSR count). The SMILES string of the molecule is C[C@H]1CCCC[C@H]1NC(=O)c1ccc(F)c([N+](=O)[O-])c1. The molecule has 0 radical (unpaired) electrons. The van der Waals surface area contributed by atoms with Gasteiger partial charge in [0.05, 0.1) is 4.92 Å². The Morgan fingerprint density at radius 1 is 1.40 bits per heavy atom. The van der Waals surface area contributed by atoms with Crippen LogP contribution in [0.15, 0.2) is 18.2 Å². The molecule has 1 aliphatic carbocycles. The van der Waals surface area contributed by atoms with Crippen molar-refractivity contribution in [3.05, 3.63) is 39.7 Å². The molecule has 0 saturated heterocycles. The summed E-state index contributed by atoms with van der Waals surface area (Å²) < 4.78 is 13.2. The zero-order chi connectivity index (χ0) is 14.7. The number of hydrogen-bond donors (Lipinski definition) is 1. The Labute approximate surface area is 116 Å². The Balaban J connectivity index is 2.13. The van der Waals surface area contributed by atoms with Gasteiger partial charge >= 0.3 is 5.69 Å². The van der Waals surface area contributed by atoms with E-state index in [0.29, 0.717) is 5.92 Å². The van der Waals surface area contributed by atoms with Crippen LogP contribution in [0.4, 0.5) is 10.1 Å². The Bertz CT molecular complexity index is 533. The van der Waals surface area contributed by atoms with E-state index in [2.05, 4.69) is 12.2 Å². The number of hydrogen-bond acceptors (Lipinski definition) is 3. The Hall–Kier alpha value is -1.98. The standard InChI is InChI=1S/C14H17FN2O3/c1-9-4-2-3-5-12(9)16-14(18)10-6-7-11(15)13(8-10)17(19)20/h6-9,12H,2-5H2,1H3,(H,16,18)/t9-,12+/m0/s1. The molecule has 1 N–H and O–H groups in total. The van der Waals surface area contributed by atoms with Crippen LogP contribution >= 0.6 is 0 Å². The third-order valence-electron chi connectivity index (χ3n) is 3.83. The maximum atomic E-state index is 13.2. The molecule has 108 valence electrons. The number of amides is 1. The fourth-order valence-corrected chi connectivity index (χ4v) is 2.58. The van der Waals surface area contributed by atoms with Crippen molar-refractivity contribution in [3.63, 3.8) is 0 Å². The van der Waals surface area contributed by atoms with Crippen LogP contribution in [0.5, 0.6) is 0 Å².